The molecule has 1 aliphatic rings. The number of carbonyl (C=O) groups is 4. The molecule has 1 saturated carbocycles. The van der Waals surface area contributed by atoms with E-state index >= 15 is 0 Å². The van der Waals surface area contributed by atoms with Gasteiger partial charge in [-0.25, -0.2) is 9.59 Å². The lowest BCUT2D eigenvalue weighted by Crippen LogP contribution is -2.75. The van der Waals surface area contributed by atoms with E-state index in [0.29, 0.717) is 35.8 Å². The minimum Gasteiger partial charge on any atom is -0.481 e. The fourth-order valence-corrected chi connectivity index (χ4v) is 6.47. The molecule has 0 radical (unpaired) electrons. The number of amides is 4. The van der Waals surface area contributed by atoms with Crippen molar-refractivity contribution in [1.82, 2.24) is 20.4 Å². The van der Waals surface area contributed by atoms with Crippen molar-refractivity contribution in [1.29, 1.82) is 0 Å². The molecule has 0 saturated heterocycles. The molecule has 12 heteroatoms. The van der Waals surface area contributed by atoms with Crippen molar-refractivity contribution >= 4 is 24.0 Å². The monoisotopic (exact) mass is 708 g/mol. The first kappa shape index (κ1) is 37.2. The molecule has 0 aliphatic heterocycles. The van der Waals surface area contributed by atoms with Gasteiger partial charge in [0.1, 0.15) is 23.0 Å². The first-order chi connectivity index (χ1) is 25.2. The Bertz CT molecular complexity index is 1660. The predicted octanol–water partition coefficient (Wildman–Crippen LogP) is 6.97. The van der Waals surface area contributed by atoms with E-state index in [1.807, 2.05) is 98.8 Å². The first-order valence-electron chi connectivity index (χ1n) is 17.4. The van der Waals surface area contributed by atoms with Gasteiger partial charge in [-0.05, 0) is 72.5 Å². The molecule has 1 aliphatic carbocycles. The highest BCUT2D eigenvalue weighted by atomic mass is 16.5. The summed E-state index contributed by atoms with van der Waals surface area (Å²) in [5.74, 6) is -2.89. The third kappa shape index (κ3) is 9.19. The number of hydrogen-bond acceptors (Lipinski definition) is 6. The summed E-state index contributed by atoms with van der Waals surface area (Å²) in [6.45, 7) is 4.28. The molecular formula is C40H44N4O8. The van der Waals surface area contributed by atoms with Crippen LogP contribution in [0, 0.1) is 11.8 Å². The molecule has 272 valence electrons. The van der Waals surface area contributed by atoms with Crippen LogP contribution in [0.3, 0.4) is 0 Å². The van der Waals surface area contributed by atoms with E-state index in [1.165, 1.54) is 9.80 Å². The van der Waals surface area contributed by atoms with E-state index < -0.39 is 47.9 Å². The number of nitrogens with zero attached hydrogens (tertiary/aromatic N) is 2. The fourth-order valence-electron chi connectivity index (χ4n) is 6.47. The maximum atomic E-state index is 13.8. The molecule has 0 heterocycles. The number of hydrogen-bond donors (Lipinski definition) is 4. The normalized spacial score (nSPS) is 17.6. The number of urea groups is 2. The molecular weight excluding hydrogens is 664 g/mol. The summed E-state index contributed by atoms with van der Waals surface area (Å²) in [5.41, 5.74) is 1.56. The zero-order valence-electron chi connectivity index (χ0n) is 29.2. The number of benzene rings is 4. The van der Waals surface area contributed by atoms with Gasteiger partial charge in [0.15, 0.2) is 0 Å². The maximum Gasteiger partial charge on any atom is 0.318 e. The number of para-hydroxylation sites is 2. The average molecular weight is 709 g/mol. The lowest BCUT2D eigenvalue weighted by atomic mass is 9.63. The summed E-state index contributed by atoms with van der Waals surface area (Å²) in [6.07, 6.45) is 0.965. The quantitative estimate of drug-likeness (QED) is 0.0972. The zero-order valence-corrected chi connectivity index (χ0v) is 29.2. The molecule has 1 fully saturated rings. The van der Waals surface area contributed by atoms with Crippen LogP contribution in [0.2, 0.25) is 0 Å². The number of carboxylic acid groups (broad SMARTS) is 2. The van der Waals surface area contributed by atoms with Crippen LogP contribution in [0.5, 0.6) is 23.0 Å². The number of rotatable bonds is 16. The molecule has 4 aromatic rings. The van der Waals surface area contributed by atoms with Crippen LogP contribution in [-0.2, 0) is 22.7 Å². The Balaban J connectivity index is 1.29. The molecule has 4 N–H and O–H groups in total. The number of carboxylic acids is 2. The standard InChI is InChI=1S/C40H44N4O8/c1-3-23-43(39(49)41-25-27-15-19-31(20-16-27)51-29-11-7-5-8-12-29)35-33(37(45)46)34(38(47)48)36(35)44(24-4-2)40(50)42-26-28-17-21-32(22-18-28)52-30-13-9-6-10-14-30/h5-22,33-36H,3-4,23-26H2,1-2H3,(H,41,49)(H,42,50)(H,45,46)(H,47,48)/t33-,34-,35-,36-/m0/s1. The highest BCUT2D eigenvalue weighted by Crippen LogP contribution is 2.43. The van der Waals surface area contributed by atoms with Gasteiger partial charge >= 0.3 is 24.0 Å². The van der Waals surface area contributed by atoms with Gasteiger partial charge in [-0.2, -0.15) is 0 Å². The second-order valence-electron chi connectivity index (χ2n) is 12.5. The van der Waals surface area contributed by atoms with Crippen LogP contribution >= 0.6 is 0 Å². The van der Waals surface area contributed by atoms with Gasteiger partial charge < -0.3 is 40.1 Å². The summed E-state index contributed by atoms with van der Waals surface area (Å²) in [7, 11) is 0. The topological polar surface area (TPSA) is 158 Å². The van der Waals surface area contributed by atoms with Crippen molar-refractivity contribution in [3.05, 3.63) is 120 Å². The smallest absolute Gasteiger partial charge is 0.318 e. The molecule has 4 aromatic carbocycles. The van der Waals surface area contributed by atoms with Crippen molar-refractivity contribution in [2.75, 3.05) is 13.1 Å². The predicted molar refractivity (Wildman–Crippen MR) is 194 cm³/mol. The third-order valence-corrected chi connectivity index (χ3v) is 8.91. The van der Waals surface area contributed by atoms with Gasteiger partial charge in [0, 0.05) is 26.2 Å². The van der Waals surface area contributed by atoms with E-state index in [-0.39, 0.29) is 26.2 Å². The molecule has 52 heavy (non-hydrogen) atoms. The van der Waals surface area contributed by atoms with E-state index in [1.54, 1.807) is 24.3 Å². The molecule has 5 rings (SSSR count). The minimum atomic E-state index is -1.42. The van der Waals surface area contributed by atoms with E-state index in [2.05, 4.69) is 10.6 Å². The van der Waals surface area contributed by atoms with Gasteiger partial charge in [0.05, 0.1) is 23.9 Å². The largest absolute Gasteiger partial charge is 0.481 e. The number of nitrogens with one attached hydrogen (secondary N) is 2. The highest BCUT2D eigenvalue weighted by molar-refractivity contribution is 5.87. The average Bonchev–Trinajstić information content (AvgIpc) is 3.13. The van der Waals surface area contributed by atoms with Gasteiger partial charge in [-0.3, -0.25) is 9.59 Å². The summed E-state index contributed by atoms with van der Waals surface area (Å²) >= 11 is 0. The Hall–Kier alpha value is -6.04. The zero-order chi connectivity index (χ0) is 37.0. The molecule has 0 bridgehead atoms. The Kier molecular flexibility index (Phi) is 12.7. The Morgan fingerprint density at radius 2 is 0.865 bits per heavy atom. The van der Waals surface area contributed by atoms with Crippen molar-refractivity contribution in [2.24, 2.45) is 11.8 Å². The van der Waals surface area contributed by atoms with Crippen LogP contribution in [0.25, 0.3) is 0 Å². The molecule has 0 spiro atoms. The summed E-state index contributed by atoms with van der Waals surface area (Å²) in [4.78, 5) is 55.4. The van der Waals surface area contributed by atoms with Crippen LogP contribution in [0.4, 0.5) is 9.59 Å². The SMILES string of the molecule is CCCN(C(=O)NCc1ccc(Oc2ccccc2)cc1)[C@H]1[C@@H](C(=O)O)[C@H](C(=O)O)[C@@H]1N(CCC)C(=O)NCc1ccc(Oc2ccccc2)cc1. The summed E-state index contributed by atoms with van der Waals surface area (Å²) < 4.78 is 11.7. The molecule has 12 nitrogen and oxygen atoms in total. The molecule has 4 atom stereocenters. The van der Waals surface area contributed by atoms with E-state index in [9.17, 15) is 29.4 Å². The Labute approximate surface area is 303 Å². The Morgan fingerprint density at radius 3 is 1.17 bits per heavy atom. The maximum absolute atomic E-state index is 13.8. The number of aliphatic carboxylic acids is 2. The second kappa shape index (κ2) is 17.8. The van der Waals surface area contributed by atoms with E-state index in [4.69, 9.17) is 9.47 Å². The second-order valence-corrected chi connectivity index (χ2v) is 12.5. The highest BCUT2D eigenvalue weighted by Gasteiger charge is 2.63. The molecule has 4 amide bonds. The first-order valence-corrected chi connectivity index (χ1v) is 17.4. The third-order valence-electron chi connectivity index (χ3n) is 8.91. The fraction of sp³-hybridized carbons (Fsp3) is 0.300. The van der Waals surface area contributed by atoms with Gasteiger partial charge in [-0.15, -0.1) is 0 Å². The lowest BCUT2D eigenvalue weighted by Gasteiger charge is -2.55. The minimum absolute atomic E-state index is 0.135. The van der Waals surface area contributed by atoms with Gasteiger partial charge in [0.25, 0.3) is 0 Å². The van der Waals surface area contributed by atoms with Crippen LogP contribution in [0.1, 0.15) is 37.8 Å². The van der Waals surface area contributed by atoms with Gasteiger partial charge in [0.2, 0.25) is 0 Å². The van der Waals surface area contributed by atoms with Crippen molar-refractivity contribution in [3.63, 3.8) is 0 Å². The summed E-state index contributed by atoms with van der Waals surface area (Å²) in [6, 6.07) is 29.8. The van der Waals surface area contributed by atoms with E-state index in [0.717, 1.165) is 11.1 Å². The van der Waals surface area contributed by atoms with Crippen LogP contribution < -0.4 is 20.1 Å². The number of carbonyl (C=O) groups excluding carboxylic acids is 2. The lowest BCUT2D eigenvalue weighted by molar-refractivity contribution is -0.176. The molecule has 0 aromatic heterocycles. The molecule has 0 unspecified atom stereocenters. The summed E-state index contributed by atoms with van der Waals surface area (Å²) in [5, 5.41) is 26.2. The van der Waals surface area contributed by atoms with Crippen molar-refractivity contribution < 1.29 is 38.9 Å². The van der Waals surface area contributed by atoms with Crippen molar-refractivity contribution in [2.45, 2.75) is 51.9 Å². The van der Waals surface area contributed by atoms with Crippen LogP contribution in [-0.4, -0.2) is 69.2 Å². The van der Waals surface area contributed by atoms with Gasteiger partial charge in [-0.1, -0.05) is 74.5 Å². The number of ether oxygens (including phenoxy) is 2. The van der Waals surface area contributed by atoms with Crippen LogP contribution in [0.15, 0.2) is 109 Å². The van der Waals surface area contributed by atoms with Crippen molar-refractivity contribution in [3.8, 4) is 23.0 Å². The Morgan fingerprint density at radius 1 is 0.538 bits per heavy atom.